The van der Waals surface area contributed by atoms with Crippen LogP contribution in [0.15, 0.2) is 77.9 Å². The molecule has 0 spiro atoms. The van der Waals surface area contributed by atoms with Gasteiger partial charge in [-0.1, -0.05) is 48.0 Å². The molecule has 0 radical (unpaired) electrons. The van der Waals surface area contributed by atoms with Crippen LogP contribution in [-0.4, -0.2) is 14.8 Å². The molecular formula is C22H15ClN4OS. The molecule has 142 valence electrons. The van der Waals surface area contributed by atoms with E-state index in [9.17, 15) is 0 Å². The second kappa shape index (κ2) is 6.47. The molecule has 0 aliphatic carbocycles. The highest BCUT2D eigenvalue weighted by molar-refractivity contribution is 7.10. The van der Waals surface area contributed by atoms with Crippen LogP contribution >= 0.6 is 22.9 Å². The highest BCUT2D eigenvalue weighted by Gasteiger charge is 2.41. The quantitative estimate of drug-likeness (QED) is 0.463. The van der Waals surface area contributed by atoms with Crippen molar-refractivity contribution in [3.63, 3.8) is 0 Å². The first kappa shape index (κ1) is 16.8. The van der Waals surface area contributed by atoms with Crippen molar-refractivity contribution in [1.82, 2.24) is 14.8 Å². The van der Waals surface area contributed by atoms with E-state index in [1.54, 1.807) is 17.7 Å². The average molecular weight is 419 g/mol. The Balaban J connectivity index is 1.66. The molecule has 0 bridgehead atoms. The molecule has 2 atom stereocenters. The van der Waals surface area contributed by atoms with E-state index >= 15 is 0 Å². The predicted molar refractivity (Wildman–Crippen MR) is 114 cm³/mol. The number of aromatic nitrogens is 3. The number of rotatable bonds is 2. The number of ether oxygens (including phenoxy) is 1. The van der Waals surface area contributed by atoms with Crippen molar-refractivity contribution >= 4 is 34.6 Å². The Morgan fingerprint density at radius 3 is 2.76 bits per heavy atom. The lowest BCUT2D eigenvalue weighted by molar-refractivity contribution is 0.223. The summed E-state index contributed by atoms with van der Waals surface area (Å²) >= 11 is 8.31. The van der Waals surface area contributed by atoms with Crippen molar-refractivity contribution in [2.75, 3.05) is 5.32 Å². The third-order valence-corrected chi connectivity index (χ3v) is 6.59. The number of thiophene rings is 1. The minimum Gasteiger partial charge on any atom is -0.480 e. The minimum atomic E-state index is -0.342. The molecule has 5 nitrogen and oxygen atoms in total. The number of nitrogens with zero attached hydrogens (tertiary/aromatic N) is 3. The van der Waals surface area contributed by atoms with Crippen LogP contribution in [-0.2, 0) is 0 Å². The summed E-state index contributed by atoms with van der Waals surface area (Å²) in [6.07, 6.45) is 1.24. The molecule has 29 heavy (non-hydrogen) atoms. The molecule has 0 saturated heterocycles. The summed E-state index contributed by atoms with van der Waals surface area (Å²) in [6.45, 7) is 0. The number of hydrogen-bond donors (Lipinski definition) is 1. The van der Waals surface area contributed by atoms with E-state index in [-0.39, 0.29) is 12.1 Å². The lowest BCUT2D eigenvalue weighted by Crippen LogP contribution is -2.32. The maximum atomic E-state index is 6.61. The van der Waals surface area contributed by atoms with Crippen molar-refractivity contribution in [3.05, 3.63) is 99.0 Å². The Labute approximate surface area is 176 Å². The molecule has 0 saturated carbocycles. The summed E-state index contributed by atoms with van der Waals surface area (Å²) in [4.78, 5) is 5.61. The van der Waals surface area contributed by atoms with Crippen LogP contribution in [0.4, 0.5) is 5.95 Å². The zero-order valence-corrected chi connectivity index (χ0v) is 16.7. The first-order chi connectivity index (χ1) is 14.3. The predicted octanol–water partition coefficient (Wildman–Crippen LogP) is 5.55. The van der Waals surface area contributed by atoms with Crippen LogP contribution in [0.3, 0.4) is 0 Å². The fourth-order valence-corrected chi connectivity index (χ4v) is 5.15. The highest BCUT2D eigenvalue weighted by atomic mass is 35.5. The maximum absolute atomic E-state index is 6.61. The fraction of sp³-hybridized carbons (Fsp3) is 0.0909. The summed E-state index contributed by atoms with van der Waals surface area (Å²) in [5, 5.41) is 10.8. The second-order valence-corrected chi connectivity index (χ2v) is 8.30. The molecule has 0 unspecified atom stereocenters. The molecule has 2 aromatic heterocycles. The molecule has 4 aromatic rings. The number of para-hydroxylation sites is 1. The first-order valence-electron chi connectivity index (χ1n) is 9.26. The van der Waals surface area contributed by atoms with Crippen LogP contribution in [0, 0.1) is 0 Å². The number of hydrogen-bond acceptors (Lipinski definition) is 5. The highest BCUT2D eigenvalue weighted by Crippen LogP contribution is 2.51. The van der Waals surface area contributed by atoms with Crippen molar-refractivity contribution in [2.45, 2.75) is 12.1 Å². The van der Waals surface area contributed by atoms with Crippen LogP contribution in [0.2, 0.25) is 5.02 Å². The van der Waals surface area contributed by atoms with Crippen molar-refractivity contribution in [2.24, 2.45) is 0 Å². The van der Waals surface area contributed by atoms with E-state index in [4.69, 9.17) is 16.3 Å². The van der Waals surface area contributed by atoms with Gasteiger partial charge in [0.2, 0.25) is 5.95 Å². The summed E-state index contributed by atoms with van der Waals surface area (Å²) in [5.41, 5.74) is 4.04. The van der Waals surface area contributed by atoms with E-state index < -0.39 is 0 Å². The van der Waals surface area contributed by atoms with Crippen molar-refractivity contribution in [3.8, 4) is 5.75 Å². The smallest absolute Gasteiger partial charge is 0.226 e. The van der Waals surface area contributed by atoms with Gasteiger partial charge in [0.15, 0.2) is 6.10 Å². The molecule has 6 rings (SSSR count). The van der Waals surface area contributed by atoms with Crippen molar-refractivity contribution in [1.29, 1.82) is 0 Å². The fourth-order valence-electron chi connectivity index (χ4n) is 4.08. The third-order valence-electron chi connectivity index (χ3n) is 5.32. The molecular weight excluding hydrogens is 404 g/mol. The van der Waals surface area contributed by atoms with Gasteiger partial charge in [-0.05, 0) is 29.6 Å². The molecule has 2 aliphatic heterocycles. The van der Waals surface area contributed by atoms with E-state index in [2.05, 4.69) is 39.0 Å². The number of halogens is 1. The van der Waals surface area contributed by atoms with Gasteiger partial charge in [-0.3, -0.25) is 0 Å². The third kappa shape index (κ3) is 2.53. The molecule has 1 N–H and O–H groups in total. The van der Waals surface area contributed by atoms with Gasteiger partial charge in [-0.15, -0.1) is 11.3 Å². The van der Waals surface area contributed by atoms with Gasteiger partial charge in [-0.2, -0.15) is 10.1 Å². The van der Waals surface area contributed by atoms with Crippen LogP contribution < -0.4 is 10.1 Å². The Morgan fingerprint density at radius 1 is 1.03 bits per heavy atom. The van der Waals surface area contributed by atoms with E-state index in [0.29, 0.717) is 5.02 Å². The second-order valence-electron chi connectivity index (χ2n) is 6.92. The van der Waals surface area contributed by atoms with Gasteiger partial charge >= 0.3 is 0 Å². The number of anilines is 1. The molecule has 2 aliphatic rings. The van der Waals surface area contributed by atoms with E-state index in [0.717, 1.165) is 34.1 Å². The Hall–Kier alpha value is -3.09. The normalized spacial score (nSPS) is 19.6. The van der Waals surface area contributed by atoms with Gasteiger partial charge in [0.1, 0.15) is 18.1 Å². The molecule has 2 aromatic carbocycles. The molecule has 4 heterocycles. The van der Waals surface area contributed by atoms with Crippen LogP contribution in [0.5, 0.6) is 5.75 Å². The zero-order chi connectivity index (χ0) is 19.4. The van der Waals surface area contributed by atoms with Crippen LogP contribution in [0.25, 0.3) is 5.70 Å². The number of benzene rings is 2. The molecule has 0 fully saturated rings. The summed E-state index contributed by atoms with van der Waals surface area (Å²) < 4.78 is 8.47. The Kier molecular flexibility index (Phi) is 3.76. The summed E-state index contributed by atoms with van der Waals surface area (Å²) in [6, 6.07) is 20.0. The van der Waals surface area contributed by atoms with Gasteiger partial charge in [0, 0.05) is 26.6 Å². The van der Waals surface area contributed by atoms with Gasteiger partial charge in [0.05, 0.1) is 5.70 Å². The molecule has 0 amide bonds. The van der Waals surface area contributed by atoms with Crippen LogP contribution in [0.1, 0.15) is 28.1 Å². The van der Waals surface area contributed by atoms with Crippen molar-refractivity contribution < 1.29 is 4.74 Å². The number of nitrogens with one attached hydrogen (secondary N) is 1. The van der Waals surface area contributed by atoms with Gasteiger partial charge in [-0.25, -0.2) is 4.68 Å². The minimum absolute atomic E-state index is 0.127. The SMILES string of the molecule is Clc1ccccc1[C@@H]1Oc2ccccc2C2=C1[C@@H](c1cccs1)n1ncnc1N2. The summed E-state index contributed by atoms with van der Waals surface area (Å²) in [5.74, 6) is 1.54. The van der Waals surface area contributed by atoms with E-state index in [1.807, 2.05) is 47.1 Å². The summed E-state index contributed by atoms with van der Waals surface area (Å²) in [7, 11) is 0. The standard InChI is InChI=1S/C22H15ClN4OS/c23-15-8-3-1-6-13(15)21-18-19(14-7-2-4-9-16(14)28-21)26-22-24-12-25-27(22)20(18)17-10-5-11-29-17/h1-12,20-21H,(H,24,25,26)/t20-,21+/m1/s1. The Bertz CT molecular complexity index is 1250. The molecule has 7 heteroatoms. The van der Waals surface area contributed by atoms with E-state index in [1.165, 1.54) is 4.88 Å². The van der Waals surface area contributed by atoms with Gasteiger partial charge in [0.25, 0.3) is 0 Å². The first-order valence-corrected chi connectivity index (χ1v) is 10.5. The Morgan fingerprint density at radius 2 is 1.90 bits per heavy atom. The zero-order valence-electron chi connectivity index (χ0n) is 15.1. The lowest BCUT2D eigenvalue weighted by atomic mass is 9.87. The maximum Gasteiger partial charge on any atom is 0.226 e. The average Bonchev–Trinajstić information content (AvgIpc) is 3.44. The monoisotopic (exact) mass is 418 g/mol. The largest absolute Gasteiger partial charge is 0.480 e. The number of fused-ring (bicyclic) bond motifs is 3. The van der Waals surface area contributed by atoms with Gasteiger partial charge < -0.3 is 10.1 Å². The lowest BCUT2D eigenvalue weighted by Gasteiger charge is -2.38. The topological polar surface area (TPSA) is 52.0 Å².